The van der Waals surface area contributed by atoms with Gasteiger partial charge in [0.25, 0.3) is 0 Å². The van der Waals surface area contributed by atoms with Crippen LogP contribution >= 0.6 is 0 Å². The molecule has 82 valence electrons. The van der Waals surface area contributed by atoms with Crippen molar-refractivity contribution in [3.05, 3.63) is 48.2 Å². The number of rotatable bonds is 3. The van der Waals surface area contributed by atoms with Gasteiger partial charge in [-0.2, -0.15) is 0 Å². The van der Waals surface area contributed by atoms with Gasteiger partial charge in [0.15, 0.2) is 0 Å². The fourth-order valence-electron chi connectivity index (χ4n) is 1.46. The van der Waals surface area contributed by atoms with Crippen LogP contribution in [0.1, 0.15) is 11.4 Å². The Hall–Kier alpha value is -1.97. The van der Waals surface area contributed by atoms with E-state index in [0.717, 1.165) is 23.8 Å². The number of aromatic nitrogens is 3. The Kier molecular flexibility index (Phi) is 3.10. The first kappa shape index (κ1) is 10.5. The molecule has 0 spiro atoms. The van der Waals surface area contributed by atoms with Gasteiger partial charge in [-0.1, -0.05) is 6.07 Å². The highest BCUT2D eigenvalue weighted by Gasteiger charge is 2.04. The van der Waals surface area contributed by atoms with E-state index in [-0.39, 0.29) is 0 Å². The van der Waals surface area contributed by atoms with E-state index >= 15 is 0 Å². The number of pyridine rings is 1. The molecule has 0 aliphatic rings. The maximum absolute atomic E-state index is 4.28. The van der Waals surface area contributed by atoms with E-state index in [9.17, 15) is 0 Å². The second kappa shape index (κ2) is 4.70. The predicted octanol–water partition coefficient (Wildman–Crippen LogP) is 1.82. The molecule has 0 aliphatic heterocycles. The summed E-state index contributed by atoms with van der Waals surface area (Å²) in [6, 6.07) is 7.87. The van der Waals surface area contributed by atoms with E-state index in [0.29, 0.717) is 0 Å². The molecule has 0 saturated carbocycles. The molecule has 4 nitrogen and oxygen atoms in total. The Morgan fingerprint density at radius 1 is 1.19 bits per heavy atom. The van der Waals surface area contributed by atoms with Crippen molar-refractivity contribution in [2.75, 3.05) is 11.9 Å². The minimum atomic E-state index is 0.747. The van der Waals surface area contributed by atoms with E-state index in [1.807, 2.05) is 38.2 Å². The van der Waals surface area contributed by atoms with E-state index < -0.39 is 0 Å². The standard InChI is InChI=1S/C12H14N4/c1-10-7-12(15-9-14-10)16(2)8-11-5-3-4-6-13-11/h3-7,9H,8H2,1-2H3. The van der Waals surface area contributed by atoms with Crippen LogP contribution in [-0.2, 0) is 6.54 Å². The lowest BCUT2D eigenvalue weighted by Crippen LogP contribution is -2.18. The van der Waals surface area contributed by atoms with E-state index in [1.165, 1.54) is 0 Å². The summed E-state index contributed by atoms with van der Waals surface area (Å²) in [5.41, 5.74) is 2.00. The van der Waals surface area contributed by atoms with Crippen LogP contribution in [-0.4, -0.2) is 22.0 Å². The third-order valence-corrected chi connectivity index (χ3v) is 2.31. The Morgan fingerprint density at radius 3 is 2.75 bits per heavy atom. The summed E-state index contributed by atoms with van der Waals surface area (Å²) in [5, 5.41) is 0. The molecular formula is C12H14N4. The van der Waals surface area contributed by atoms with Gasteiger partial charge in [0, 0.05) is 25.0 Å². The average molecular weight is 214 g/mol. The quantitative estimate of drug-likeness (QED) is 0.781. The largest absolute Gasteiger partial charge is 0.354 e. The van der Waals surface area contributed by atoms with Gasteiger partial charge in [0.05, 0.1) is 12.2 Å². The van der Waals surface area contributed by atoms with Gasteiger partial charge >= 0.3 is 0 Å². The summed E-state index contributed by atoms with van der Waals surface area (Å²) in [6.45, 7) is 2.71. The summed E-state index contributed by atoms with van der Waals surface area (Å²) in [4.78, 5) is 14.6. The number of hydrogen-bond acceptors (Lipinski definition) is 4. The number of anilines is 1. The van der Waals surface area contributed by atoms with Gasteiger partial charge in [0.1, 0.15) is 12.1 Å². The molecule has 0 aliphatic carbocycles. The number of nitrogens with zero attached hydrogens (tertiary/aromatic N) is 4. The first-order valence-electron chi connectivity index (χ1n) is 5.15. The van der Waals surface area contributed by atoms with Crippen LogP contribution in [0.15, 0.2) is 36.8 Å². The molecule has 0 aromatic carbocycles. The van der Waals surface area contributed by atoms with Gasteiger partial charge in [-0.15, -0.1) is 0 Å². The second-order valence-corrected chi connectivity index (χ2v) is 3.69. The third kappa shape index (κ3) is 2.53. The molecule has 0 fully saturated rings. The van der Waals surface area contributed by atoms with Crippen LogP contribution in [0.2, 0.25) is 0 Å². The molecule has 2 aromatic heterocycles. The zero-order valence-electron chi connectivity index (χ0n) is 9.46. The summed E-state index contributed by atoms with van der Waals surface area (Å²) < 4.78 is 0. The molecule has 16 heavy (non-hydrogen) atoms. The predicted molar refractivity (Wildman–Crippen MR) is 63.1 cm³/mol. The molecule has 4 heteroatoms. The SMILES string of the molecule is Cc1cc(N(C)Cc2ccccn2)ncn1. The van der Waals surface area contributed by atoms with E-state index in [4.69, 9.17) is 0 Å². The smallest absolute Gasteiger partial charge is 0.132 e. The van der Waals surface area contributed by atoms with E-state index in [2.05, 4.69) is 19.9 Å². The van der Waals surface area contributed by atoms with Crippen LogP contribution in [0.25, 0.3) is 0 Å². The normalized spacial score (nSPS) is 10.1. The molecule has 0 bridgehead atoms. The Morgan fingerprint density at radius 2 is 2.06 bits per heavy atom. The molecule has 2 rings (SSSR count). The molecule has 2 aromatic rings. The molecule has 2 heterocycles. The van der Waals surface area contributed by atoms with Crippen molar-refractivity contribution in [3.8, 4) is 0 Å². The van der Waals surface area contributed by atoms with Gasteiger partial charge in [-0.3, -0.25) is 4.98 Å². The van der Waals surface area contributed by atoms with Crippen molar-refractivity contribution in [1.82, 2.24) is 15.0 Å². The highest BCUT2D eigenvalue weighted by Crippen LogP contribution is 2.11. The van der Waals surface area contributed by atoms with Crippen LogP contribution < -0.4 is 4.90 Å². The second-order valence-electron chi connectivity index (χ2n) is 3.69. The maximum Gasteiger partial charge on any atom is 0.132 e. The zero-order valence-corrected chi connectivity index (χ0v) is 9.46. The van der Waals surface area contributed by atoms with Gasteiger partial charge in [0.2, 0.25) is 0 Å². The van der Waals surface area contributed by atoms with Crippen LogP contribution in [0.5, 0.6) is 0 Å². The average Bonchev–Trinajstić information content (AvgIpc) is 2.30. The topological polar surface area (TPSA) is 41.9 Å². The summed E-state index contributed by atoms with van der Waals surface area (Å²) >= 11 is 0. The van der Waals surface area contributed by atoms with Crippen LogP contribution in [0.4, 0.5) is 5.82 Å². The maximum atomic E-state index is 4.28. The summed E-state index contributed by atoms with van der Waals surface area (Å²) in [7, 11) is 2.00. The number of hydrogen-bond donors (Lipinski definition) is 0. The minimum Gasteiger partial charge on any atom is -0.354 e. The lowest BCUT2D eigenvalue weighted by Gasteiger charge is -2.17. The molecule has 0 atom stereocenters. The van der Waals surface area contributed by atoms with Crippen LogP contribution in [0.3, 0.4) is 0 Å². The molecule has 0 N–H and O–H groups in total. The molecular weight excluding hydrogens is 200 g/mol. The highest BCUT2D eigenvalue weighted by molar-refractivity contribution is 5.37. The lowest BCUT2D eigenvalue weighted by atomic mass is 10.3. The van der Waals surface area contributed by atoms with Crippen LogP contribution in [0, 0.1) is 6.92 Å². The monoisotopic (exact) mass is 214 g/mol. The van der Waals surface area contributed by atoms with Gasteiger partial charge < -0.3 is 4.90 Å². The van der Waals surface area contributed by atoms with Gasteiger partial charge in [-0.05, 0) is 19.1 Å². The zero-order chi connectivity index (χ0) is 11.4. The van der Waals surface area contributed by atoms with Gasteiger partial charge in [-0.25, -0.2) is 9.97 Å². The molecule has 0 saturated heterocycles. The Balaban J connectivity index is 2.12. The molecule has 0 unspecified atom stereocenters. The summed E-state index contributed by atoms with van der Waals surface area (Å²) in [6.07, 6.45) is 3.38. The first-order chi connectivity index (χ1) is 7.75. The fraction of sp³-hybridized carbons (Fsp3) is 0.250. The van der Waals surface area contributed by atoms with Crippen molar-refractivity contribution in [1.29, 1.82) is 0 Å². The van der Waals surface area contributed by atoms with Crippen molar-refractivity contribution in [2.24, 2.45) is 0 Å². The fourth-order valence-corrected chi connectivity index (χ4v) is 1.46. The molecule has 0 radical (unpaired) electrons. The minimum absolute atomic E-state index is 0.747. The summed E-state index contributed by atoms with van der Waals surface area (Å²) in [5.74, 6) is 0.915. The van der Waals surface area contributed by atoms with Crippen molar-refractivity contribution in [2.45, 2.75) is 13.5 Å². The lowest BCUT2D eigenvalue weighted by molar-refractivity contribution is 0.858. The van der Waals surface area contributed by atoms with E-state index in [1.54, 1.807) is 12.5 Å². The Labute approximate surface area is 95.0 Å². The molecule has 0 amide bonds. The number of aryl methyl sites for hydroxylation is 1. The van der Waals surface area contributed by atoms with Crippen molar-refractivity contribution < 1.29 is 0 Å². The first-order valence-corrected chi connectivity index (χ1v) is 5.15. The van der Waals surface area contributed by atoms with Crippen molar-refractivity contribution >= 4 is 5.82 Å². The third-order valence-electron chi connectivity index (χ3n) is 2.31. The van der Waals surface area contributed by atoms with Crippen molar-refractivity contribution in [3.63, 3.8) is 0 Å². The highest BCUT2D eigenvalue weighted by atomic mass is 15.2. The Bertz CT molecular complexity index is 456.